The Kier molecular flexibility index (Phi) is 11.4. The van der Waals surface area contributed by atoms with Crippen LogP contribution in [0.2, 0.25) is 0 Å². The lowest BCUT2D eigenvalue weighted by molar-refractivity contribution is 0.432. The van der Waals surface area contributed by atoms with Gasteiger partial charge >= 0.3 is 0 Å². The lowest BCUT2D eigenvalue weighted by atomic mass is 10.1. The number of rotatable bonds is 13. The molecule has 0 aliphatic heterocycles. The van der Waals surface area contributed by atoms with Gasteiger partial charge in [-0.15, -0.1) is 0 Å². The molecule has 0 rings (SSSR count). The highest BCUT2D eigenvalue weighted by Gasteiger charge is 2.19. The molecule has 0 radical (unpaired) electrons. The number of hydrogen-bond donors (Lipinski definition) is 2. The van der Waals surface area contributed by atoms with Gasteiger partial charge in [-0.1, -0.05) is 39.5 Å². The predicted molar refractivity (Wildman–Crippen MR) is 86.1 cm³/mol. The van der Waals surface area contributed by atoms with Crippen molar-refractivity contribution in [2.45, 2.75) is 65.3 Å². The van der Waals surface area contributed by atoms with Gasteiger partial charge in [0.15, 0.2) is 0 Å². The van der Waals surface area contributed by atoms with Crippen LogP contribution in [0.4, 0.5) is 0 Å². The van der Waals surface area contributed by atoms with E-state index in [9.17, 15) is 8.42 Å². The molecule has 20 heavy (non-hydrogen) atoms. The number of nitrogens with zero attached hydrogens (tertiary/aromatic N) is 1. The maximum absolute atomic E-state index is 12.1. The third-order valence-electron chi connectivity index (χ3n) is 3.33. The first-order valence-electron chi connectivity index (χ1n) is 7.88. The molecule has 0 bridgehead atoms. The Morgan fingerprint density at radius 3 is 2.40 bits per heavy atom. The molecule has 0 aliphatic rings. The smallest absolute Gasteiger partial charge is 0.279 e. The summed E-state index contributed by atoms with van der Waals surface area (Å²) in [5.41, 5.74) is 0. The molecule has 0 amide bonds. The van der Waals surface area contributed by atoms with Gasteiger partial charge < -0.3 is 5.32 Å². The fraction of sp³-hybridized carbons (Fsp3) is 1.00. The van der Waals surface area contributed by atoms with Gasteiger partial charge in [0.2, 0.25) is 0 Å². The maximum Gasteiger partial charge on any atom is 0.279 e. The van der Waals surface area contributed by atoms with Crippen LogP contribution in [0, 0.1) is 0 Å². The van der Waals surface area contributed by atoms with Crippen LogP contribution in [-0.4, -0.2) is 45.4 Å². The minimum Gasteiger partial charge on any atom is -0.317 e. The Bertz CT molecular complexity index is 320. The minimum absolute atomic E-state index is 0.00747. The summed E-state index contributed by atoms with van der Waals surface area (Å²) in [7, 11) is -1.70. The molecular formula is C14H33N3O2S. The quantitative estimate of drug-likeness (QED) is 0.512. The predicted octanol–water partition coefficient (Wildman–Crippen LogP) is 2.11. The topological polar surface area (TPSA) is 61.4 Å². The number of hydrogen-bond acceptors (Lipinski definition) is 3. The molecule has 0 heterocycles. The second-order valence-electron chi connectivity index (χ2n) is 5.40. The van der Waals surface area contributed by atoms with E-state index in [4.69, 9.17) is 0 Å². The molecule has 1 unspecified atom stereocenters. The molecule has 6 heteroatoms. The summed E-state index contributed by atoms with van der Waals surface area (Å²) in [6.45, 7) is 8.48. The van der Waals surface area contributed by atoms with Gasteiger partial charge in [0.1, 0.15) is 0 Å². The molecule has 0 saturated heterocycles. The zero-order valence-electron chi connectivity index (χ0n) is 13.6. The first kappa shape index (κ1) is 19.8. The molecule has 0 aromatic carbocycles. The molecule has 0 fully saturated rings. The van der Waals surface area contributed by atoms with Crippen LogP contribution in [0.15, 0.2) is 0 Å². The van der Waals surface area contributed by atoms with E-state index in [1.54, 1.807) is 7.05 Å². The fourth-order valence-corrected chi connectivity index (χ4v) is 3.18. The first-order valence-corrected chi connectivity index (χ1v) is 9.32. The van der Waals surface area contributed by atoms with Crippen molar-refractivity contribution in [2.75, 3.05) is 26.7 Å². The monoisotopic (exact) mass is 307 g/mol. The summed E-state index contributed by atoms with van der Waals surface area (Å²) in [6.07, 6.45) is 6.43. The first-order chi connectivity index (χ1) is 9.44. The molecular weight excluding hydrogens is 274 g/mol. The zero-order chi connectivity index (χ0) is 15.4. The third-order valence-corrected chi connectivity index (χ3v) is 5.03. The van der Waals surface area contributed by atoms with E-state index in [1.807, 2.05) is 13.8 Å². The molecule has 1 atom stereocenters. The molecule has 122 valence electrons. The lowest BCUT2D eigenvalue weighted by Crippen LogP contribution is -2.43. The van der Waals surface area contributed by atoms with Gasteiger partial charge in [-0.05, 0) is 32.9 Å². The van der Waals surface area contributed by atoms with Gasteiger partial charge in [-0.2, -0.15) is 17.4 Å². The Morgan fingerprint density at radius 1 is 1.10 bits per heavy atom. The summed E-state index contributed by atoms with van der Waals surface area (Å²) in [6, 6.07) is 0.00747. The van der Waals surface area contributed by atoms with Crippen molar-refractivity contribution in [1.29, 1.82) is 0 Å². The Labute approximate surface area is 125 Å². The van der Waals surface area contributed by atoms with Crippen LogP contribution >= 0.6 is 0 Å². The summed E-state index contributed by atoms with van der Waals surface area (Å²) >= 11 is 0. The molecule has 0 spiro atoms. The summed E-state index contributed by atoms with van der Waals surface area (Å²) in [5, 5.41) is 3.19. The van der Waals surface area contributed by atoms with E-state index in [-0.39, 0.29) is 6.04 Å². The summed E-state index contributed by atoms with van der Waals surface area (Å²) in [4.78, 5) is 0. The van der Waals surface area contributed by atoms with E-state index < -0.39 is 10.2 Å². The normalized spacial score (nSPS) is 13.8. The number of unbranched alkanes of at least 4 members (excludes halogenated alkanes) is 3. The largest absolute Gasteiger partial charge is 0.317 e. The van der Waals surface area contributed by atoms with Crippen LogP contribution < -0.4 is 10.0 Å². The van der Waals surface area contributed by atoms with Crippen LogP contribution in [0.5, 0.6) is 0 Å². The van der Waals surface area contributed by atoms with Gasteiger partial charge in [0.25, 0.3) is 10.2 Å². The molecule has 0 aliphatic carbocycles. The molecule has 5 nitrogen and oxygen atoms in total. The zero-order valence-corrected chi connectivity index (χ0v) is 14.4. The second kappa shape index (κ2) is 11.5. The summed E-state index contributed by atoms with van der Waals surface area (Å²) < 4.78 is 28.3. The minimum atomic E-state index is -3.33. The highest BCUT2D eigenvalue weighted by atomic mass is 32.2. The Balaban J connectivity index is 3.96. The van der Waals surface area contributed by atoms with Gasteiger partial charge in [-0.3, -0.25) is 0 Å². The van der Waals surface area contributed by atoms with Crippen LogP contribution in [0.3, 0.4) is 0 Å². The van der Waals surface area contributed by atoms with Crippen molar-refractivity contribution in [3.63, 3.8) is 0 Å². The van der Waals surface area contributed by atoms with Crippen molar-refractivity contribution < 1.29 is 8.42 Å². The molecule has 2 N–H and O–H groups in total. The van der Waals surface area contributed by atoms with E-state index in [0.717, 1.165) is 32.4 Å². The Morgan fingerprint density at radius 2 is 1.80 bits per heavy atom. The highest BCUT2D eigenvalue weighted by molar-refractivity contribution is 7.87. The van der Waals surface area contributed by atoms with Crippen molar-refractivity contribution in [3.8, 4) is 0 Å². The molecule has 0 aromatic heterocycles. The molecule has 0 aromatic rings. The van der Waals surface area contributed by atoms with E-state index in [1.165, 1.54) is 23.6 Å². The van der Waals surface area contributed by atoms with Gasteiger partial charge in [-0.25, -0.2) is 0 Å². The van der Waals surface area contributed by atoms with Gasteiger partial charge in [0, 0.05) is 19.6 Å². The standard InChI is InChI=1S/C14H33N3O2S/c1-5-7-8-9-11-14(3)16-20(18,19)17(4)13-10-12-15-6-2/h14-16H,5-13H2,1-4H3. The maximum atomic E-state index is 12.1. The van der Waals surface area contributed by atoms with E-state index in [0.29, 0.717) is 6.54 Å². The van der Waals surface area contributed by atoms with Crippen molar-refractivity contribution in [1.82, 2.24) is 14.3 Å². The van der Waals surface area contributed by atoms with Crippen molar-refractivity contribution in [3.05, 3.63) is 0 Å². The second-order valence-corrected chi connectivity index (χ2v) is 7.21. The third kappa shape index (κ3) is 9.69. The Hall–Kier alpha value is -0.170. The SMILES string of the molecule is CCCCCCC(C)NS(=O)(=O)N(C)CCCNCC. The summed E-state index contributed by atoms with van der Waals surface area (Å²) in [5.74, 6) is 0. The average molecular weight is 308 g/mol. The van der Waals surface area contributed by atoms with Gasteiger partial charge in [0.05, 0.1) is 0 Å². The van der Waals surface area contributed by atoms with Crippen LogP contribution in [0.25, 0.3) is 0 Å². The van der Waals surface area contributed by atoms with E-state index >= 15 is 0 Å². The average Bonchev–Trinajstić information content (AvgIpc) is 2.39. The number of nitrogens with one attached hydrogen (secondary N) is 2. The molecule has 0 saturated carbocycles. The highest BCUT2D eigenvalue weighted by Crippen LogP contribution is 2.07. The van der Waals surface area contributed by atoms with Crippen molar-refractivity contribution >= 4 is 10.2 Å². The van der Waals surface area contributed by atoms with Crippen molar-refractivity contribution in [2.24, 2.45) is 0 Å². The van der Waals surface area contributed by atoms with Crippen LogP contribution in [-0.2, 0) is 10.2 Å². The fourth-order valence-electron chi connectivity index (χ4n) is 2.00. The van der Waals surface area contributed by atoms with E-state index in [2.05, 4.69) is 17.0 Å². The lowest BCUT2D eigenvalue weighted by Gasteiger charge is -2.21. The van der Waals surface area contributed by atoms with Crippen LogP contribution in [0.1, 0.15) is 59.3 Å².